The van der Waals surface area contributed by atoms with E-state index in [2.05, 4.69) is 20.0 Å². The molecule has 0 aromatic carbocycles. The minimum atomic E-state index is 0.401. The van der Waals surface area contributed by atoms with Crippen LogP contribution in [0.1, 0.15) is 56.8 Å². The Morgan fingerprint density at radius 2 is 1.96 bits per heavy atom. The van der Waals surface area contributed by atoms with Gasteiger partial charge in [-0.1, -0.05) is 11.2 Å². The molecule has 5 rings (SSSR count). The number of pyridine rings is 1. The summed E-state index contributed by atoms with van der Waals surface area (Å²) in [6.07, 6.45) is 11.4. The fourth-order valence-corrected chi connectivity index (χ4v) is 5.35. The van der Waals surface area contributed by atoms with Crippen LogP contribution in [0.4, 0.5) is 0 Å². The fraction of sp³-hybridized carbons (Fsp3) is 0.650. The second-order valence-electron chi connectivity index (χ2n) is 8.37. The summed E-state index contributed by atoms with van der Waals surface area (Å²) < 4.78 is 5.56. The lowest BCUT2D eigenvalue weighted by Gasteiger charge is -2.37. The number of fused-ring (bicyclic) bond motifs is 2. The van der Waals surface area contributed by atoms with Crippen LogP contribution in [0.15, 0.2) is 28.9 Å². The van der Waals surface area contributed by atoms with Gasteiger partial charge in [0.1, 0.15) is 5.69 Å². The van der Waals surface area contributed by atoms with Crippen LogP contribution in [0.25, 0.3) is 11.5 Å². The van der Waals surface area contributed by atoms with E-state index in [9.17, 15) is 0 Å². The predicted octanol–water partition coefficient (Wildman–Crippen LogP) is 3.89. The summed E-state index contributed by atoms with van der Waals surface area (Å²) in [5, 5.41) is 4.13. The summed E-state index contributed by atoms with van der Waals surface area (Å²) in [7, 11) is 0. The topological polar surface area (TPSA) is 55.1 Å². The molecule has 2 aromatic rings. The van der Waals surface area contributed by atoms with Crippen LogP contribution in [0.3, 0.4) is 0 Å². The van der Waals surface area contributed by atoms with Crippen LogP contribution in [0, 0.1) is 11.3 Å². The Labute approximate surface area is 148 Å². The van der Waals surface area contributed by atoms with Crippen molar-refractivity contribution in [3.05, 3.63) is 30.3 Å². The van der Waals surface area contributed by atoms with Crippen molar-refractivity contribution in [1.29, 1.82) is 0 Å². The van der Waals surface area contributed by atoms with Gasteiger partial charge in [0.2, 0.25) is 11.7 Å². The molecule has 132 valence electrons. The molecule has 3 aliphatic rings. The summed E-state index contributed by atoms with van der Waals surface area (Å²) in [6, 6.07) is 5.77. The number of hydrogen-bond donors (Lipinski definition) is 0. The van der Waals surface area contributed by atoms with Gasteiger partial charge in [-0.3, -0.25) is 4.98 Å². The largest absolute Gasteiger partial charge is 0.339 e. The van der Waals surface area contributed by atoms with E-state index in [-0.39, 0.29) is 0 Å². The molecule has 0 radical (unpaired) electrons. The van der Waals surface area contributed by atoms with Gasteiger partial charge in [0.05, 0.1) is 0 Å². The summed E-state index contributed by atoms with van der Waals surface area (Å²) >= 11 is 0. The molecule has 0 unspecified atom stereocenters. The Hall–Kier alpha value is -1.75. The molecule has 1 aliphatic heterocycles. The van der Waals surface area contributed by atoms with Crippen molar-refractivity contribution < 1.29 is 4.52 Å². The van der Waals surface area contributed by atoms with Crippen molar-refractivity contribution in [1.82, 2.24) is 20.0 Å². The van der Waals surface area contributed by atoms with Gasteiger partial charge in [0.25, 0.3) is 0 Å². The minimum Gasteiger partial charge on any atom is -0.339 e. The van der Waals surface area contributed by atoms with E-state index in [4.69, 9.17) is 4.52 Å². The van der Waals surface area contributed by atoms with Gasteiger partial charge in [-0.25, -0.2) is 0 Å². The van der Waals surface area contributed by atoms with Crippen LogP contribution in [0.5, 0.6) is 0 Å². The van der Waals surface area contributed by atoms with E-state index in [0.717, 1.165) is 30.3 Å². The maximum absolute atomic E-state index is 5.56. The number of piperidine rings is 1. The lowest BCUT2D eigenvalue weighted by atomic mass is 9.83. The zero-order valence-corrected chi connectivity index (χ0v) is 14.7. The van der Waals surface area contributed by atoms with E-state index in [1.165, 1.54) is 51.7 Å². The maximum Gasteiger partial charge on any atom is 0.230 e. The molecule has 5 heteroatoms. The van der Waals surface area contributed by atoms with Gasteiger partial charge in [0.15, 0.2) is 0 Å². The van der Waals surface area contributed by atoms with Gasteiger partial charge in [0, 0.05) is 18.7 Å². The molecule has 0 atom stereocenters. The van der Waals surface area contributed by atoms with E-state index in [0.29, 0.717) is 17.2 Å². The summed E-state index contributed by atoms with van der Waals surface area (Å²) in [6.45, 7) is 3.65. The molecule has 0 amide bonds. The smallest absolute Gasteiger partial charge is 0.230 e. The molecule has 0 N–H and O–H groups in total. The molecule has 3 fully saturated rings. The lowest BCUT2D eigenvalue weighted by molar-refractivity contribution is 0.120. The first-order valence-electron chi connectivity index (χ1n) is 9.77. The van der Waals surface area contributed by atoms with Crippen molar-refractivity contribution >= 4 is 0 Å². The van der Waals surface area contributed by atoms with Crippen LogP contribution in [0.2, 0.25) is 0 Å². The maximum atomic E-state index is 5.56. The van der Waals surface area contributed by atoms with Crippen molar-refractivity contribution in [2.45, 2.75) is 50.9 Å². The first kappa shape index (κ1) is 15.5. The Balaban J connectivity index is 1.20. The highest BCUT2D eigenvalue weighted by atomic mass is 16.5. The zero-order chi connectivity index (χ0) is 16.7. The van der Waals surface area contributed by atoms with E-state index in [1.54, 1.807) is 6.20 Å². The molecule has 5 nitrogen and oxygen atoms in total. The van der Waals surface area contributed by atoms with Crippen molar-refractivity contribution in [2.75, 3.05) is 19.6 Å². The number of hydrogen-bond acceptors (Lipinski definition) is 5. The Morgan fingerprint density at radius 3 is 2.64 bits per heavy atom. The Morgan fingerprint density at radius 1 is 1.12 bits per heavy atom. The standard InChI is InChI=1S/C20H26N4O/c1-2-10-21-17(3-1)18-22-19(25-23-18)16-6-11-24(12-7-16)14-20-8-4-15(13-20)5-9-20/h1-3,10,15-16H,4-9,11-14H2. The molecule has 2 aromatic heterocycles. The number of rotatable bonds is 4. The van der Waals surface area contributed by atoms with Crippen LogP contribution >= 0.6 is 0 Å². The monoisotopic (exact) mass is 338 g/mol. The molecule has 2 bridgehead atoms. The summed E-state index contributed by atoms with van der Waals surface area (Å²) in [4.78, 5) is 11.6. The van der Waals surface area contributed by atoms with E-state index >= 15 is 0 Å². The van der Waals surface area contributed by atoms with Crippen LogP contribution < -0.4 is 0 Å². The Kier molecular flexibility index (Phi) is 3.85. The third-order valence-electron chi connectivity index (χ3n) is 6.72. The number of likely N-dealkylation sites (tertiary alicyclic amines) is 1. The first-order chi connectivity index (χ1) is 12.3. The molecule has 25 heavy (non-hydrogen) atoms. The van der Waals surface area contributed by atoms with Gasteiger partial charge in [-0.05, 0) is 81.5 Å². The highest BCUT2D eigenvalue weighted by Gasteiger charge is 2.45. The first-order valence-corrected chi connectivity index (χ1v) is 9.77. The van der Waals surface area contributed by atoms with E-state index in [1.807, 2.05) is 18.2 Å². The Bertz CT molecular complexity index is 712. The minimum absolute atomic E-state index is 0.401. The second-order valence-corrected chi connectivity index (χ2v) is 8.37. The predicted molar refractivity (Wildman–Crippen MR) is 95.0 cm³/mol. The molecule has 0 spiro atoms. The second kappa shape index (κ2) is 6.20. The van der Waals surface area contributed by atoms with Gasteiger partial charge >= 0.3 is 0 Å². The SMILES string of the molecule is c1ccc(-c2noc(C3CCN(CC45CCC(CC4)C5)CC3)n2)nc1. The number of nitrogens with zero attached hydrogens (tertiary/aromatic N) is 4. The molecule has 2 saturated carbocycles. The zero-order valence-electron chi connectivity index (χ0n) is 14.7. The van der Waals surface area contributed by atoms with Crippen molar-refractivity contribution in [2.24, 2.45) is 11.3 Å². The van der Waals surface area contributed by atoms with Crippen LogP contribution in [-0.4, -0.2) is 39.7 Å². The normalized spacial score (nSPS) is 30.2. The molecule has 3 heterocycles. The molecular weight excluding hydrogens is 312 g/mol. The lowest BCUT2D eigenvalue weighted by Crippen LogP contribution is -2.40. The fourth-order valence-electron chi connectivity index (χ4n) is 5.35. The van der Waals surface area contributed by atoms with Crippen LogP contribution in [-0.2, 0) is 0 Å². The van der Waals surface area contributed by atoms with E-state index < -0.39 is 0 Å². The summed E-state index contributed by atoms with van der Waals surface area (Å²) in [5.41, 5.74) is 1.44. The summed E-state index contributed by atoms with van der Waals surface area (Å²) in [5.74, 6) is 2.85. The van der Waals surface area contributed by atoms with Crippen molar-refractivity contribution in [3.63, 3.8) is 0 Å². The van der Waals surface area contributed by atoms with Gasteiger partial charge in [-0.15, -0.1) is 0 Å². The third kappa shape index (κ3) is 2.99. The van der Waals surface area contributed by atoms with Gasteiger partial charge in [-0.2, -0.15) is 4.98 Å². The van der Waals surface area contributed by atoms with Gasteiger partial charge < -0.3 is 9.42 Å². The molecule has 1 saturated heterocycles. The average molecular weight is 338 g/mol. The average Bonchev–Trinajstić information content (AvgIpc) is 3.39. The highest BCUT2D eigenvalue weighted by Crippen LogP contribution is 2.54. The molecule has 2 aliphatic carbocycles. The highest BCUT2D eigenvalue weighted by molar-refractivity contribution is 5.47. The number of aromatic nitrogens is 3. The quantitative estimate of drug-likeness (QED) is 0.846. The van der Waals surface area contributed by atoms with Crippen molar-refractivity contribution in [3.8, 4) is 11.5 Å². The third-order valence-corrected chi connectivity index (χ3v) is 6.72. The molecular formula is C20H26N4O.